The number of imide groups is 1. The van der Waals surface area contributed by atoms with E-state index in [2.05, 4.69) is 45.0 Å². The number of amides is 2. The smallest absolute Gasteiger partial charge is 0.240 e. The first-order chi connectivity index (χ1) is 14.4. The van der Waals surface area contributed by atoms with Crippen LogP contribution in [0.3, 0.4) is 0 Å². The molecule has 1 saturated heterocycles. The quantitative estimate of drug-likeness (QED) is 0.481. The van der Waals surface area contributed by atoms with Crippen molar-refractivity contribution in [1.82, 2.24) is 4.98 Å². The third kappa shape index (κ3) is 2.74. The zero-order valence-electron chi connectivity index (χ0n) is 18.1. The first-order valence-electron chi connectivity index (χ1n) is 11.0. The van der Waals surface area contributed by atoms with Gasteiger partial charge in [0.05, 0.1) is 17.5 Å². The molecule has 2 heterocycles. The van der Waals surface area contributed by atoms with Crippen molar-refractivity contribution >= 4 is 28.3 Å². The van der Waals surface area contributed by atoms with Gasteiger partial charge in [0.25, 0.3) is 0 Å². The molecule has 2 saturated carbocycles. The summed E-state index contributed by atoms with van der Waals surface area (Å²) >= 11 is 1.46. The number of anilines is 1. The van der Waals surface area contributed by atoms with Crippen LogP contribution in [-0.2, 0) is 16.0 Å². The Morgan fingerprint density at radius 2 is 1.67 bits per heavy atom. The fraction of sp³-hybridized carbons (Fsp3) is 0.480. The van der Waals surface area contributed by atoms with E-state index in [1.165, 1.54) is 32.9 Å². The van der Waals surface area contributed by atoms with Crippen molar-refractivity contribution < 1.29 is 9.59 Å². The highest BCUT2D eigenvalue weighted by atomic mass is 32.1. The summed E-state index contributed by atoms with van der Waals surface area (Å²) in [6.07, 6.45) is 4.26. The molecule has 30 heavy (non-hydrogen) atoms. The molecular weight excluding hydrogens is 392 g/mol. The Morgan fingerprint density at radius 3 is 2.20 bits per heavy atom. The number of rotatable bonds is 4. The van der Waals surface area contributed by atoms with Gasteiger partial charge in [-0.2, -0.15) is 0 Å². The van der Waals surface area contributed by atoms with E-state index < -0.39 is 0 Å². The molecule has 156 valence electrons. The van der Waals surface area contributed by atoms with Gasteiger partial charge < -0.3 is 0 Å². The lowest BCUT2D eigenvalue weighted by molar-refractivity contribution is -0.123. The molecule has 0 radical (unpaired) electrons. The Balaban J connectivity index is 1.47. The third-order valence-corrected chi connectivity index (χ3v) is 8.13. The van der Waals surface area contributed by atoms with Crippen LogP contribution in [-0.4, -0.2) is 16.8 Å². The first kappa shape index (κ1) is 19.7. The summed E-state index contributed by atoms with van der Waals surface area (Å²) in [7, 11) is 0. The van der Waals surface area contributed by atoms with Crippen LogP contribution in [0.25, 0.3) is 11.3 Å². The molecule has 0 N–H and O–H groups in total. The maximum absolute atomic E-state index is 13.4. The van der Waals surface area contributed by atoms with E-state index >= 15 is 0 Å². The van der Waals surface area contributed by atoms with Crippen molar-refractivity contribution in [3.8, 4) is 11.3 Å². The van der Waals surface area contributed by atoms with Gasteiger partial charge in [-0.05, 0) is 57.4 Å². The normalized spacial score (nSPS) is 27.3. The minimum absolute atomic E-state index is 0.0328. The predicted octanol–water partition coefficient (Wildman–Crippen LogP) is 5.55. The van der Waals surface area contributed by atoms with Gasteiger partial charge >= 0.3 is 0 Å². The first-order valence-corrected chi connectivity index (χ1v) is 11.9. The maximum atomic E-state index is 13.4. The minimum atomic E-state index is -0.179. The van der Waals surface area contributed by atoms with Crippen LogP contribution in [0.15, 0.2) is 35.4 Å². The molecule has 1 aromatic heterocycles. The molecule has 0 spiro atoms. The average molecular weight is 421 g/mol. The number of carbonyl (C=O) groups is 2. The van der Waals surface area contributed by atoms with Gasteiger partial charge in [-0.1, -0.05) is 48.8 Å². The fourth-order valence-corrected chi connectivity index (χ4v) is 6.99. The van der Waals surface area contributed by atoms with Crippen LogP contribution in [0.1, 0.15) is 50.5 Å². The van der Waals surface area contributed by atoms with Gasteiger partial charge in [-0.3, -0.25) is 9.59 Å². The summed E-state index contributed by atoms with van der Waals surface area (Å²) in [6, 6.07) is 8.49. The molecule has 5 rings (SSSR count). The molecule has 4 atom stereocenters. The van der Waals surface area contributed by atoms with Gasteiger partial charge in [0, 0.05) is 10.4 Å². The maximum Gasteiger partial charge on any atom is 0.240 e. The molecule has 3 aliphatic rings. The Labute approximate surface area is 182 Å². The Hall–Kier alpha value is -2.27. The number of hydrogen-bond acceptors (Lipinski definition) is 4. The number of aryl methyl sites for hydroxylation is 2. The lowest BCUT2D eigenvalue weighted by atomic mass is 9.81. The fourth-order valence-electron chi connectivity index (χ4n) is 6.04. The molecule has 3 fully saturated rings. The molecule has 1 aromatic carbocycles. The highest BCUT2D eigenvalue weighted by Crippen LogP contribution is 2.60. The zero-order chi connectivity index (χ0) is 21.2. The Bertz CT molecular complexity index is 1030. The third-order valence-electron chi connectivity index (χ3n) is 7.17. The van der Waals surface area contributed by atoms with Gasteiger partial charge in [-0.15, -0.1) is 11.3 Å². The minimum Gasteiger partial charge on any atom is -0.274 e. The van der Waals surface area contributed by atoms with Crippen molar-refractivity contribution in [3.63, 3.8) is 0 Å². The zero-order valence-corrected chi connectivity index (χ0v) is 18.9. The highest BCUT2D eigenvalue weighted by molar-refractivity contribution is 7.16. The number of thiazole rings is 1. The van der Waals surface area contributed by atoms with E-state index in [1.807, 2.05) is 6.92 Å². The standard InChI is InChI=1S/C25H28N2O2S/c1-5-6-15-7-9-16(10-8-15)22-14(4)30-25(26-22)27-23(28)20-17-11-12-18(19(17)13(2)3)21(20)24(27)29/h7-10,17-18,20-21H,5-6,11-12H2,1-4H3/t17-,18-,20+,21+/m1/s1. The molecule has 0 unspecified atom stereocenters. The number of allylic oxidation sites excluding steroid dienone is 2. The van der Waals surface area contributed by atoms with Crippen molar-refractivity contribution in [2.24, 2.45) is 23.7 Å². The summed E-state index contributed by atoms with van der Waals surface area (Å²) in [5.41, 5.74) is 5.92. The van der Waals surface area contributed by atoms with E-state index in [0.29, 0.717) is 5.13 Å². The molecule has 4 nitrogen and oxygen atoms in total. The lowest BCUT2D eigenvalue weighted by Gasteiger charge is -2.18. The van der Waals surface area contributed by atoms with Crippen LogP contribution >= 0.6 is 11.3 Å². The molecule has 2 bridgehead atoms. The second kappa shape index (κ2) is 7.16. The summed E-state index contributed by atoms with van der Waals surface area (Å²) in [4.78, 5) is 34.0. The molecular formula is C25H28N2O2S. The Morgan fingerprint density at radius 1 is 1.07 bits per heavy atom. The number of nitrogens with zero attached hydrogens (tertiary/aromatic N) is 2. The predicted molar refractivity (Wildman–Crippen MR) is 120 cm³/mol. The number of hydrogen-bond donors (Lipinski definition) is 0. The summed E-state index contributed by atoms with van der Waals surface area (Å²) < 4.78 is 0. The van der Waals surface area contributed by atoms with Crippen LogP contribution in [0.4, 0.5) is 5.13 Å². The SMILES string of the molecule is CCCc1ccc(-c2nc(N3C(=O)[C@@H]4[C@@H](C3=O)[C@@H]3CC[C@@H]4C3=C(C)C)sc2C)cc1. The van der Waals surface area contributed by atoms with E-state index in [1.54, 1.807) is 0 Å². The lowest BCUT2D eigenvalue weighted by Crippen LogP contribution is -2.33. The summed E-state index contributed by atoms with van der Waals surface area (Å²) in [6.45, 7) is 8.44. The van der Waals surface area contributed by atoms with Crippen LogP contribution < -0.4 is 4.90 Å². The van der Waals surface area contributed by atoms with Crippen LogP contribution in [0, 0.1) is 30.6 Å². The number of aromatic nitrogens is 1. The van der Waals surface area contributed by atoms with Gasteiger partial charge in [0.2, 0.25) is 11.8 Å². The summed E-state index contributed by atoms with van der Waals surface area (Å²) in [5, 5.41) is 0.544. The largest absolute Gasteiger partial charge is 0.274 e. The van der Waals surface area contributed by atoms with Crippen molar-refractivity contribution in [2.45, 2.75) is 53.4 Å². The van der Waals surface area contributed by atoms with E-state index in [-0.39, 0.29) is 35.5 Å². The van der Waals surface area contributed by atoms with Gasteiger partial charge in [-0.25, -0.2) is 9.88 Å². The van der Waals surface area contributed by atoms with Crippen LogP contribution in [0.5, 0.6) is 0 Å². The van der Waals surface area contributed by atoms with E-state index in [0.717, 1.165) is 41.8 Å². The number of carbonyl (C=O) groups excluding carboxylic acids is 2. The Kier molecular flexibility index (Phi) is 4.69. The topological polar surface area (TPSA) is 50.3 Å². The van der Waals surface area contributed by atoms with E-state index in [9.17, 15) is 9.59 Å². The second-order valence-corrected chi connectivity index (χ2v) is 10.3. The molecule has 2 aliphatic carbocycles. The second-order valence-electron chi connectivity index (χ2n) is 9.16. The molecule has 1 aliphatic heterocycles. The molecule has 2 aromatic rings. The van der Waals surface area contributed by atoms with Crippen molar-refractivity contribution in [1.29, 1.82) is 0 Å². The number of fused-ring (bicyclic) bond motifs is 5. The summed E-state index contributed by atoms with van der Waals surface area (Å²) in [5.74, 6) is 0.0736. The van der Waals surface area contributed by atoms with Crippen LogP contribution in [0.2, 0.25) is 0 Å². The number of benzene rings is 1. The van der Waals surface area contributed by atoms with E-state index in [4.69, 9.17) is 4.98 Å². The van der Waals surface area contributed by atoms with Crippen molar-refractivity contribution in [2.75, 3.05) is 4.90 Å². The molecule has 2 amide bonds. The molecule has 5 heteroatoms. The van der Waals surface area contributed by atoms with Crippen molar-refractivity contribution in [3.05, 3.63) is 45.9 Å². The van der Waals surface area contributed by atoms with Gasteiger partial charge in [0.1, 0.15) is 0 Å². The monoisotopic (exact) mass is 420 g/mol. The average Bonchev–Trinajstić information content (AvgIpc) is 3.44. The van der Waals surface area contributed by atoms with Gasteiger partial charge in [0.15, 0.2) is 5.13 Å². The highest BCUT2D eigenvalue weighted by Gasteiger charge is 2.64.